The summed E-state index contributed by atoms with van der Waals surface area (Å²) in [6.07, 6.45) is 5.76. The number of hydrogen-bond acceptors (Lipinski definition) is 4. The number of carbonyl (C=O) groups excluding carboxylic acids is 2. The maximum atomic E-state index is 13.6. The quantitative estimate of drug-likeness (QED) is 0.541. The van der Waals surface area contributed by atoms with Crippen LogP contribution < -0.4 is 9.62 Å². The van der Waals surface area contributed by atoms with E-state index in [2.05, 4.69) is 5.32 Å². The van der Waals surface area contributed by atoms with Gasteiger partial charge in [0.25, 0.3) is 0 Å². The van der Waals surface area contributed by atoms with Crippen LogP contribution in [0.1, 0.15) is 49.3 Å². The number of nitrogens with zero attached hydrogens (tertiary/aromatic N) is 2. The van der Waals surface area contributed by atoms with Crippen molar-refractivity contribution in [3.05, 3.63) is 65.2 Å². The zero-order valence-corrected chi connectivity index (χ0v) is 22.0. The molecule has 0 aliphatic heterocycles. The van der Waals surface area contributed by atoms with E-state index in [0.29, 0.717) is 18.7 Å². The average Bonchev–Trinajstić information content (AvgIpc) is 3.31. The molecular formula is C27H37N3O4S. The van der Waals surface area contributed by atoms with Gasteiger partial charge in [-0.2, -0.15) is 0 Å². The molecule has 0 saturated heterocycles. The van der Waals surface area contributed by atoms with Crippen molar-refractivity contribution < 1.29 is 18.0 Å². The van der Waals surface area contributed by atoms with E-state index in [4.69, 9.17) is 0 Å². The van der Waals surface area contributed by atoms with Crippen LogP contribution in [0.2, 0.25) is 0 Å². The van der Waals surface area contributed by atoms with Gasteiger partial charge in [0.15, 0.2) is 0 Å². The number of benzene rings is 2. The summed E-state index contributed by atoms with van der Waals surface area (Å²) < 4.78 is 26.7. The first-order valence-corrected chi connectivity index (χ1v) is 14.1. The largest absolute Gasteiger partial charge is 0.352 e. The monoisotopic (exact) mass is 499 g/mol. The molecule has 1 saturated carbocycles. The van der Waals surface area contributed by atoms with E-state index < -0.39 is 22.0 Å². The molecule has 8 heteroatoms. The van der Waals surface area contributed by atoms with Crippen LogP contribution in [0.25, 0.3) is 0 Å². The molecule has 2 aromatic carbocycles. The second kappa shape index (κ2) is 11.7. The Morgan fingerprint density at radius 3 is 2.17 bits per heavy atom. The lowest BCUT2D eigenvalue weighted by Crippen LogP contribution is -2.53. The number of sulfonamides is 1. The van der Waals surface area contributed by atoms with Crippen LogP contribution in [0.3, 0.4) is 0 Å². The van der Waals surface area contributed by atoms with Crippen LogP contribution in [-0.2, 0) is 26.0 Å². The molecule has 190 valence electrons. The molecule has 0 spiro atoms. The maximum Gasteiger partial charge on any atom is 0.244 e. The van der Waals surface area contributed by atoms with Crippen LogP contribution in [0.15, 0.2) is 48.5 Å². The summed E-state index contributed by atoms with van der Waals surface area (Å²) in [5, 5.41) is 3.08. The summed E-state index contributed by atoms with van der Waals surface area (Å²) in [6.45, 7) is 5.33. The molecule has 0 heterocycles. The van der Waals surface area contributed by atoms with Crippen molar-refractivity contribution in [1.29, 1.82) is 0 Å². The van der Waals surface area contributed by atoms with Gasteiger partial charge in [-0.05, 0) is 56.7 Å². The fourth-order valence-electron chi connectivity index (χ4n) is 4.74. The first kappa shape index (κ1) is 26.7. The molecule has 0 bridgehead atoms. The van der Waals surface area contributed by atoms with E-state index in [0.717, 1.165) is 52.9 Å². The number of amides is 2. The highest BCUT2D eigenvalue weighted by Crippen LogP contribution is 2.27. The third-order valence-corrected chi connectivity index (χ3v) is 7.83. The van der Waals surface area contributed by atoms with Gasteiger partial charge in [-0.3, -0.25) is 13.9 Å². The zero-order valence-electron chi connectivity index (χ0n) is 21.2. The van der Waals surface area contributed by atoms with Crippen molar-refractivity contribution in [3.8, 4) is 0 Å². The number of anilines is 1. The van der Waals surface area contributed by atoms with Crippen molar-refractivity contribution in [3.63, 3.8) is 0 Å². The molecule has 1 aliphatic carbocycles. The van der Waals surface area contributed by atoms with E-state index in [1.165, 1.54) is 4.90 Å². The number of rotatable bonds is 10. The van der Waals surface area contributed by atoms with Crippen molar-refractivity contribution in [2.24, 2.45) is 0 Å². The minimum absolute atomic E-state index is 0.137. The Hall–Kier alpha value is -2.87. The fraction of sp³-hybridized carbons (Fsp3) is 0.481. The van der Waals surface area contributed by atoms with Gasteiger partial charge < -0.3 is 10.2 Å². The maximum absolute atomic E-state index is 13.6. The summed E-state index contributed by atoms with van der Waals surface area (Å²) in [5.74, 6) is -0.598. The van der Waals surface area contributed by atoms with Crippen molar-refractivity contribution in [2.45, 2.75) is 65.0 Å². The van der Waals surface area contributed by atoms with Crippen LogP contribution >= 0.6 is 0 Å². The highest BCUT2D eigenvalue weighted by Gasteiger charge is 2.31. The second-order valence-electron chi connectivity index (χ2n) is 9.50. The predicted octanol–water partition coefficient (Wildman–Crippen LogP) is 3.59. The van der Waals surface area contributed by atoms with Crippen LogP contribution in [0.5, 0.6) is 0 Å². The topological polar surface area (TPSA) is 86.8 Å². The van der Waals surface area contributed by atoms with Gasteiger partial charge >= 0.3 is 0 Å². The molecule has 7 nitrogen and oxygen atoms in total. The molecule has 1 atom stereocenters. The normalized spacial score (nSPS) is 15.0. The Kier molecular flexibility index (Phi) is 8.94. The molecule has 0 unspecified atom stereocenters. The lowest BCUT2D eigenvalue weighted by Gasteiger charge is -2.32. The Morgan fingerprint density at radius 2 is 1.60 bits per heavy atom. The molecule has 2 aromatic rings. The van der Waals surface area contributed by atoms with E-state index in [1.807, 2.05) is 62.4 Å². The Labute approximate surface area is 209 Å². The minimum Gasteiger partial charge on any atom is -0.352 e. The SMILES string of the molecule is Cc1cccc(C)c1N(CC(=O)N(CCc1ccccc1)[C@@H](C)C(=O)NC1CCCC1)S(C)(=O)=O. The van der Waals surface area contributed by atoms with Crippen LogP contribution in [0.4, 0.5) is 5.69 Å². The predicted molar refractivity (Wildman–Crippen MR) is 140 cm³/mol. The number of aryl methyl sites for hydroxylation is 2. The van der Waals surface area contributed by atoms with Crippen LogP contribution in [0, 0.1) is 13.8 Å². The number of nitrogens with one attached hydrogen (secondary N) is 1. The number of hydrogen-bond donors (Lipinski definition) is 1. The summed E-state index contributed by atoms with van der Waals surface area (Å²) in [6, 6.07) is 14.7. The van der Waals surface area contributed by atoms with Gasteiger partial charge in [0, 0.05) is 12.6 Å². The lowest BCUT2D eigenvalue weighted by atomic mass is 10.1. The van der Waals surface area contributed by atoms with Gasteiger partial charge in [-0.1, -0.05) is 61.4 Å². The van der Waals surface area contributed by atoms with Gasteiger partial charge in [0.05, 0.1) is 11.9 Å². The average molecular weight is 500 g/mol. The zero-order chi connectivity index (χ0) is 25.6. The highest BCUT2D eigenvalue weighted by molar-refractivity contribution is 7.92. The first-order chi connectivity index (χ1) is 16.6. The molecule has 0 aromatic heterocycles. The summed E-state index contributed by atoms with van der Waals surface area (Å²) >= 11 is 0. The van der Waals surface area contributed by atoms with Crippen molar-refractivity contribution in [2.75, 3.05) is 23.7 Å². The molecule has 2 amide bonds. The number of carbonyl (C=O) groups is 2. The van der Waals surface area contributed by atoms with E-state index in [1.54, 1.807) is 6.92 Å². The van der Waals surface area contributed by atoms with Gasteiger partial charge in [0.2, 0.25) is 21.8 Å². The standard InChI is InChI=1S/C27H37N3O4S/c1-20-11-10-12-21(2)26(20)30(35(4,33)34)19-25(31)29(18-17-23-13-6-5-7-14-23)22(3)27(32)28-24-15-8-9-16-24/h5-7,10-14,22,24H,8-9,15-19H2,1-4H3,(H,28,32)/t22-/m0/s1. The van der Waals surface area contributed by atoms with E-state index in [9.17, 15) is 18.0 Å². The smallest absolute Gasteiger partial charge is 0.244 e. The van der Waals surface area contributed by atoms with Gasteiger partial charge in [-0.25, -0.2) is 8.42 Å². The summed E-state index contributed by atoms with van der Waals surface area (Å²) in [5.41, 5.74) is 3.09. The molecule has 3 rings (SSSR count). The second-order valence-corrected chi connectivity index (χ2v) is 11.4. The third-order valence-electron chi connectivity index (χ3n) is 6.72. The lowest BCUT2D eigenvalue weighted by molar-refractivity contribution is -0.139. The molecular weight excluding hydrogens is 462 g/mol. The molecule has 35 heavy (non-hydrogen) atoms. The molecule has 1 N–H and O–H groups in total. The van der Waals surface area contributed by atoms with E-state index >= 15 is 0 Å². The number of para-hydroxylation sites is 1. The molecule has 0 radical (unpaired) electrons. The summed E-state index contributed by atoms with van der Waals surface area (Å²) in [4.78, 5) is 28.2. The highest BCUT2D eigenvalue weighted by atomic mass is 32.2. The Balaban J connectivity index is 1.86. The van der Waals surface area contributed by atoms with E-state index in [-0.39, 0.29) is 18.5 Å². The van der Waals surface area contributed by atoms with Gasteiger partial charge in [0.1, 0.15) is 12.6 Å². The van der Waals surface area contributed by atoms with Crippen molar-refractivity contribution in [1.82, 2.24) is 10.2 Å². The fourth-order valence-corrected chi connectivity index (χ4v) is 5.70. The Bertz CT molecular complexity index is 1110. The molecule has 1 fully saturated rings. The summed E-state index contributed by atoms with van der Waals surface area (Å²) in [7, 11) is -3.74. The molecule has 1 aliphatic rings. The van der Waals surface area contributed by atoms with Crippen LogP contribution in [-0.4, -0.2) is 56.6 Å². The minimum atomic E-state index is -3.74. The first-order valence-electron chi connectivity index (χ1n) is 12.3. The van der Waals surface area contributed by atoms with Crippen molar-refractivity contribution >= 4 is 27.5 Å². The Morgan fingerprint density at radius 1 is 1.00 bits per heavy atom. The third kappa shape index (κ3) is 7.07. The van der Waals surface area contributed by atoms with Gasteiger partial charge in [-0.15, -0.1) is 0 Å².